The van der Waals surface area contributed by atoms with E-state index in [0.29, 0.717) is 18.4 Å². The Labute approximate surface area is 171 Å². The van der Waals surface area contributed by atoms with E-state index in [0.717, 1.165) is 19.2 Å². The average Bonchev–Trinajstić information content (AvgIpc) is 3.11. The third-order valence-electron chi connectivity index (χ3n) is 5.31. The Bertz CT molecular complexity index is 1130. The lowest BCUT2D eigenvalue weighted by Gasteiger charge is -2.23. The van der Waals surface area contributed by atoms with Crippen LogP contribution in [0.5, 0.6) is 5.75 Å². The highest BCUT2D eigenvalue weighted by Crippen LogP contribution is 2.37. The summed E-state index contributed by atoms with van der Waals surface area (Å²) in [5, 5.41) is 16.7. The predicted molar refractivity (Wildman–Crippen MR) is 105 cm³/mol. The molecular weight excluding hydrogens is 393 g/mol. The largest absolute Gasteiger partial charge is 0.494 e. The molecule has 1 fully saturated rings. The summed E-state index contributed by atoms with van der Waals surface area (Å²) in [6.45, 7) is 1.47. The van der Waals surface area contributed by atoms with Crippen molar-refractivity contribution >= 4 is 0 Å². The minimum atomic E-state index is -0.754. The standard InChI is InChI=1S/C22H19F3N4O/c1-30-19-5-4-14(11-18(19)24)21-20(13-2-3-15(12-26)17(23)10-13)22(25)29(28-21)16-6-8-27-9-7-16/h2-5,10-11,16,27H,6-9H2,1H3. The summed E-state index contributed by atoms with van der Waals surface area (Å²) >= 11 is 0. The summed E-state index contributed by atoms with van der Waals surface area (Å²) < 4.78 is 50.5. The fraction of sp³-hybridized carbons (Fsp3) is 0.273. The number of rotatable bonds is 4. The molecule has 30 heavy (non-hydrogen) atoms. The molecule has 1 aromatic heterocycles. The second kappa shape index (κ2) is 8.20. The minimum Gasteiger partial charge on any atom is -0.494 e. The van der Waals surface area contributed by atoms with Gasteiger partial charge in [-0.2, -0.15) is 14.8 Å². The van der Waals surface area contributed by atoms with Gasteiger partial charge in [0.05, 0.1) is 24.3 Å². The van der Waals surface area contributed by atoms with E-state index in [1.807, 2.05) is 0 Å². The molecule has 8 heteroatoms. The number of halogens is 3. The van der Waals surface area contributed by atoms with Crippen molar-refractivity contribution in [2.45, 2.75) is 18.9 Å². The molecule has 1 aliphatic rings. The second-order valence-electron chi connectivity index (χ2n) is 7.10. The molecule has 1 saturated heterocycles. The van der Waals surface area contributed by atoms with E-state index in [1.54, 1.807) is 12.1 Å². The Morgan fingerprint density at radius 3 is 2.40 bits per heavy atom. The molecule has 0 spiro atoms. The van der Waals surface area contributed by atoms with E-state index in [2.05, 4.69) is 10.4 Å². The Kier molecular flexibility index (Phi) is 5.46. The maximum absolute atomic E-state index is 15.6. The van der Waals surface area contributed by atoms with Crippen molar-refractivity contribution in [3.63, 3.8) is 0 Å². The normalized spacial score (nSPS) is 14.5. The van der Waals surface area contributed by atoms with Crippen molar-refractivity contribution in [1.82, 2.24) is 15.1 Å². The molecule has 1 N–H and O–H groups in total. The summed E-state index contributed by atoms with van der Waals surface area (Å²) in [4.78, 5) is 0. The van der Waals surface area contributed by atoms with Gasteiger partial charge >= 0.3 is 0 Å². The SMILES string of the molecule is COc1ccc(-c2nn(C3CCNCC3)c(F)c2-c2ccc(C#N)c(F)c2)cc1F. The first-order valence-corrected chi connectivity index (χ1v) is 9.56. The van der Waals surface area contributed by atoms with Crippen LogP contribution in [0.15, 0.2) is 36.4 Å². The molecule has 3 aromatic rings. The van der Waals surface area contributed by atoms with Crippen LogP contribution in [0.1, 0.15) is 24.4 Å². The first kappa shape index (κ1) is 20.0. The Morgan fingerprint density at radius 1 is 1.07 bits per heavy atom. The first-order valence-electron chi connectivity index (χ1n) is 9.56. The van der Waals surface area contributed by atoms with E-state index in [-0.39, 0.29) is 34.2 Å². The zero-order chi connectivity index (χ0) is 21.3. The van der Waals surface area contributed by atoms with Crippen molar-refractivity contribution < 1.29 is 17.9 Å². The van der Waals surface area contributed by atoms with Gasteiger partial charge in [0.1, 0.15) is 17.6 Å². The van der Waals surface area contributed by atoms with E-state index in [1.165, 1.54) is 36.1 Å². The number of ether oxygens (including phenoxy) is 1. The van der Waals surface area contributed by atoms with Gasteiger partial charge in [0.15, 0.2) is 11.6 Å². The van der Waals surface area contributed by atoms with Gasteiger partial charge in [0.2, 0.25) is 5.95 Å². The molecule has 1 aliphatic heterocycles. The van der Waals surface area contributed by atoms with Crippen LogP contribution in [-0.2, 0) is 0 Å². The van der Waals surface area contributed by atoms with Crippen LogP contribution in [0.25, 0.3) is 22.4 Å². The molecule has 5 nitrogen and oxygen atoms in total. The zero-order valence-electron chi connectivity index (χ0n) is 16.3. The van der Waals surface area contributed by atoms with E-state index in [9.17, 15) is 8.78 Å². The van der Waals surface area contributed by atoms with Crippen LogP contribution in [0, 0.1) is 28.9 Å². The summed E-state index contributed by atoms with van der Waals surface area (Å²) in [7, 11) is 1.36. The van der Waals surface area contributed by atoms with Gasteiger partial charge in [-0.25, -0.2) is 13.5 Å². The number of piperidine rings is 1. The molecular formula is C22H19F3N4O. The number of methoxy groups -OCH3 is 1. The van der Waals surface area contributed by atoms with Gasteiger partial charge < -0.3 is 10.1 Å². The average molecular weight is 412 g/mol. The molecule has 154 valence electrons. The third-order valence-corrected chi connectivity index (χ3v) is 5.31. The molecule has 2 heterocycles. The highest BCUT2D eigenvalue weighted by Gasteiger charge is 2.27. The van der Waals surface area contributed by atoms with Gasteiger partial charge in [-0.05, 0) is 61.8 Å². The van der Waals surface area contributed by atoms with Crippen molar-refractivity contribution in [3.8, 4) is 34.2 Å². The molecule has 0 atom stereocenters. The topological polar surface area (TPSA) is 62.9 Å². The number of aromatic nitrogens is 2. The number of benzene rings is 2. The number of nitrogens with zero attached hydrogens (tertiary/aromatic N) is 3. The third kappa shape index (κ3) is 3.53. The number of hydrogen-bond donors (Lipinski definition) is 1. The van der Waals surface area contributed by atoms with E-state index >= 15 is 4.39 Å². The molecule has 0 unspecified atom stereocenters. The summed E-state index contributed by atoms with van der Waals surface area (Å²) in [6.07, 6.45) is 1.38. The Balaban J connectivity index is 1.90. The number of hydrogen-bond acceptors (Lipinski definition) is 4. The molecule has 0 radical (unpaired) electrons. The molecule has 0 aliphatic carbocycles. The van der Waals surface area contributed by atoms with Crippen LogP contribution in [-0.4, -0.2) is 30.0 Å². The monoisotopic (exact) mass is 412 g/mol. The van der Waals surface area contributed by atoms with Crippen LogP contribution >= 0.6 is 0 Å². The quantitative estimate of drug-likeness (QED) is 0.688. The van der Waals surface area contributed by atoms with Crippen molar-refractivity contribution in [1.29, 1.82) is 5.26 Å². The van der Waals surface area contributed by atoms with Crippen LogP contribution < -0.4 is 10.1 Å². The minimum absolute atomic E-state index is 0.0583. The molecule has 0 bridgehead atoms. The van der Waals surface area contributed by atoms with Crippen LogP contribution in [0.4, 0.5) is 13.2 Å². The van der Waals surface area contributed by atoms with Gasteiger partial charge in [-0.15, -0.1) is 0 Å². The summed E-state index contributed by atoms with van der Waals surface area (Å²) in [5.74, 6) is -1.92. The van der Waals surface area contributed by atoms with Gasteiger partial charge in [-0.3, -0.25) is 0 Å². The van der Waals surface area contributed by atoms with E-state index < -0.39 is 17.6 Å². The maximum atomic E-state index is 15.6. The van der Waals surface area contributed by atoms with Crippen LogP contribution in [0.2, 0.25) is 0 Å². The van der Waals surface area contributed by atoms with Crippen molar-refractivity contribution in [2.24, 2.45) is 0 Å². The lowest BCUT2D eigenvalue weighted by molar-refractivity contribution is 0.305. The number of nitrogens with one attached hydrogen (secondary N) is 1. The lowest BCUT2D eigenvalue weighted by atomic mass is 10.00. The highest BCUT2D eigenvalue weighted by molar-refractivity contribution is 5.81. The zero-order valence-corrected chi connectivity index (χ0v) is 16.3. The van der Waals surface area contributed by atoms with Gasteiger partial charge in [0.25, 0.3) is 0 Å². The van der Waals surface area contributed by atoms with E-state index in [4.69, 9.17) is 10.00 Å². The van der Waals surface area contributed by atoms with Gasteiger partial charge in [-0.1, -0.05) is 6.07 Å². The molecule has 2 aromatic carbocycles. The summed E-state index contributed by atoms with van der Waals surface area (Å²) in [6, 6.07) is 9.70. The number of nitriles is 1. The molecule has 0 saturated carbocycles. The second-order valence-corrected chi connectivity index (χ2v) is 7.10. The maximum Gasteiger partial charge on any atom is 0.220 e. The Hall–Kier alpha value is -3.31. The van der Waals surface area contributed by atoms with Crippen molar-refractivity contribution in [2.75, 3.05) is 20.2 Å². The fourth-order valence-electron chi connectivity index (χ4n) is 3.74. The smallest absolute Gasteiger partial charge is 0.220 e. The highest BCUT2D eigenvalue weighted by atomic mass is 19.1. The van der Waals surface area contributed by atoms with Crippen molar-refractivity contribution in [3.05, 3.63) is 59.5 Å². The lowest BCUT2D eigenvalue weighted by Crippen LogP contribution is -2.30. The first-order chi connectivity index (χ1) is 14.5. The fourth-order valence-corrected chi connectivity index (χ4v) is 3.74. The Morgan fingerprint density at radius 2 is 1.77 bits per heavy atom. The van der Waals surface area contributed by atoms with Gasteiger partial charge in [0, 0.05) is 5.56 Å². The predicted octanol–water partition coefficient (Wildman–Crippen LogP) is 4.44. The van der Waals surface area contributed by atoms with Crippen LogP contribution in [0.3, 0.4) is 0 Å². The molecule has 4 rings (SSSR count). The summed E-state index contributed by atoms with van der Waals surface area (Å²) in [5.41, 5.74) is 0.718. The molecule has 0 amide bonds.